The Bertz CT molecular complexity index is 949. The summed E-state index contributed by atoms with van der Waals surface area (Å²) in [7, 11) is 0. The van der Waals surface area contributed by atoms with Crippen LogP contribution in [0.3, 0.4) is 0 Å². The number of amides is 2. The molecule has 0 aliphatic carbocycles. The van der Waals surface area contributed by atoms with E-state index in [9.17, 15) is 9.59 Å². The van der Waals surface area contributed by atoms with E-state index >= 15 is 0 Å². The van der Waals surface area contributed by atoms with Crippen LogP contribution in [0.5, 0.6) is 0 Å². The van der Waals surface area contributed by atoms with Crippen LogP contribution in [0.15, 0.2) is 42.6 Å². The van der Waals surface area contributed by atoms with E-state index < -0.39 is 0 Å². The van der Waals surface area contributed by atoms with Crippen LogP contribution in [0, 0.1) is 6.92 Å². The summed E-state index contributed by atoms with van der Waals surface area (Å²) in [6.45, 7) is 3.34. The number of pyridine rings is 1. The number of nitrogens with zero attached hydrogens (tertiary/aromatic N) is 2. The Hall–Kier alpha value is -2.86. The summed E-state index contributed by atoms with van der Waals surface area (Å²) < 4.78 is 1.85. The van der Waals surface area contributed by atoms with Gasteiger partial charge in [-0.15, -0.1) is 0 Å². The van der Waals surface area contributed by atoms with Crippen molar-refractivity contribution in [3.63, 3.8) is 0 Å². The lowest BCUT2D eigenvalue weighted by Crippen LogP contribution is -2.12. The number of carbonyl (C=O) groups is 2. The van der Waals surface area contributed by atoms with Crippen molar-refractivity contribution in [2.45, 2.75) is 13.8 Å². The number of benzene rings is 1. The fourth-order valence-corrected chi connectivity index (χ4v) is 2.56. The van der Waals surface area contributed by atoms with Gasteiger partial charge in [0.25, 0.3) is 5.91 Å². The van der Waals surface area contributed by atoms with Crippen LogP contribution < -0.4 is 10.6 Å². The Balaban J connectivity index is 1.82. The third kappa shape index (κ3) is 3.23. The molecule has 0 saturated carbocycles. The van der Waals surface area contributed by atoms with Gasteiger partial charge in [0.05, 0.1) is 10.7 Å². The van der Waals surface area contributed by atoms with E-state index in [2.05, 4.69) is 15.6 Å². The number of anilines is 2. The van der Waals surface area contributed by atoms with Gasteiger partial charge in [0.1, 0.15) is 11.3 Å². The standard InChI is InChI=1S/C17H15ClN4O2/c1-10-4-3-5-16-21-15(9-22(10)16)17(24)20-12-6-7-14(13(18)8-12)19-11(2)23/h3-9H,1-2H3,(H,19,23)(H,20,24). The lowest BCUT2D eigenvalue weighted by atomic mass is 10.2. The highest BCUT2D eigenvalue weighted by molar-refractivity contribution is 6.34. The zero-order valence-electron chi connectivity index (χ0n) is 13.1. The van der Waals surface area contributed by atoms with E-state index in [0.717, 1.165) is 5.69 Å². The number of imidazole rings is 1. The molecule has 3 rings (SSSR count). The minimum absolute atomic E-state index is 0.214. The van der Waals surface area contributed by atoms with Crippen LogP contribution in [0.2, 0.25) is 5.02 Å². The zero-order chi connectivity index (χ0) is 17.3. The quantitative estimate of drug-likeness (QED) is 0.764. The molecule has 7 heteroatoms. The van der Waals surface area contributed by atoms with Crippen LogP contribution >= 0.6 is 11.6 Å². The molecule has 0 fully saturated rings. The predicted molar refractivity (Wildman–Crippen MR) is 93.6 cm³/mol. The Morgan fingerprint density at radius 1 is 1.17 bits per heavy atom. The molecule has 122 valence electrons. The molecule has 0 atom stereocenters. The van der Waals surface area contributed by atoms with Gasteiger partial charge >= 0.3 is 0 Å². The van der Waals surface area contributed by atoms with Gasteiger partial charge in [0.2, 0.25) is 5.91 Å². The predicted octanol–water partition coefficient (Wildman–Crippen LogP) is 3.51. The summed E-state index contributed by atoms with van der Waals surface area (Å²) in [6, 6.07) is 10.5. The summed E-state index contributed by atoms with van der Waals surface area (Å²) in [5.41, 5.74) is 3.02. The van der Waals surface area contributed by atoms with Crippen molar-refractivity contribution in [3.8, 4) is 0 Å². The summed E-state index contributed by atoms with van der Waals surface area (Å²) in [6.07, 6.45) is 1.69. The van der Waals surface area contributed by atoms with E-state index in [1.165, 1.54) is 6.92 Å². The monoisotopic (exact) mass is 342 g/mol. The third-order valence-corrected chi connectivity index (χ3v) is 3.78. The smallest absolute Gasteiger partial charge is 0.275 e. The van der Waals surface area contributed by atoms with E-state index in [1.807, 2.05) is 29.5 Å². The molecule has 2 amide bonds. The molecule has 2 heterocycles. The first kappa shape index (κ1) is 16.0. The van der Waals surface area contributed by atoms with Crippen molar-refractivity contribution in [2.24, 2.45) is 0 Å². The second-order valence-corrected chi connectivity index (χ2v) is 5.76. The zero-order valence-corrected chi connectivity index (χ0v) is 13.9. The van der Waals surface area contributed by atoms with Gasteiger partial charge in [0, 0.05) is 24.5 Å². The van der Waals surface area contributed by atoms with Gasteiger partial charge in [0.15, 0.2) is 0 Å². The molecule has 0 bridgehead atoms. The normalized spacial score (nSPS) is 10.6. The first-order chi connectivity index (χ1) is 11.4. The summed E-state index contributed by atoms with van der Waals surface area (Å²) in [5, 5.41) is 5.70. The molecule has 0 unspecified atom stereocenters. The number of carbonyl (C=O) groups excluding carboxylic acids is 2. The molecule has 0 spiro atoms. The van der Waals surface area contributed by atoms with Crippen molar-refractivity contribution in [2.75, 3.05) is 10.6 Å². The first-order valence-corrected chi connectivity index (χ1v) is 7.65. The van der Waals surface area contributed by atoms with E-state index in [1.54, 1.807) is 24.4 Å². The molecule has 3 aromatic rings. The fourth-order valence-electron chi connectivity index (χ4n) is 2.34. The number of nitrogens with one attached hydrogen (secondary N) is 2. The lowest BCUT2D eigenvalue weighted by Gasteiger charge is -2.08. The minimum Gasteiger partial charge on any atom is -0.325 e. The van der Waals surface area contributed by atoms with Crippen molar-refractivity contribution in [1.82, 2.24) is 9.38 Å². The van der Waals surface area contributed by atoms with Crippen LogP contribution in [-0.4, -0.2) is 21.2 Å². The van der Waals surface area contributed by atoms with Crippen LogP contribution in [0.25, 0.3) is 5.65 Å². The Morgan fingerprint density at radius 2 is 1.96 bits per heavy atom. The third-order valence-electron chi connectivity index (χ3n) is 3.47. The highest BCUT2D eigenvalue weighted by Gasteiger charge is 2.12. The van der Waals surface area contributed by atoms with Gasteiger partial charge in [-0.05, 0) is 37.3 Å². The first-order valence-electron chi connectivity index (χ1n) is 7.27. The van der Waals surface area contributed by atoms with E-state index in [4.69, 9.17) is 11.6 Å². The maximum absolute atomic E-state index is 12.4. The van der Waals surface area contributed by atoms with Gasteiger partial charge in [-0.1, -0.05) is 17.7 Å². The number of hydrogen-bond donors (Lipinski definition) is 2. The average Bonchev–Trinajstić information content (AvgIpc) is 2.95. The maximum atomic E-state index is 12.4. The van der Waals surface area contributed by atoms with Crippen LogP contribution in [0.1, 0.15) is 23.1 Å². The van der Waals surface area contributed by atoms with Crippen molar-refractivity contribution >= 4 is 40.4 Å². The molecular weight excluding hydrogens is 328 g/mol. The molecule has 2 aromatic heterocycles. The number of fused-ring (bicyclic) bond motifs is 1. The van der Waals surface area contributed by atoms with Crippen LogP contribution in [0.4, 0.5) is 11.4 Å². The molecule has 24 heavy (non-hydrogen) atoms. The second kappa shape index (κ2) is 6.33. The fraction of sp³-hybridized carbons (Fsp3) is 0.118. The number of rotatable bonds is 3. The average molecular weight is 343 g/mol. The second-order valence-electron chi connectivity index (χ2n) is 5.35. The molecular formula is C17H15ClN4O2. The largest absolute Gasteiger partial charge is 0.325 e. The van der Waals surface area contributed by atoms with E-state index in [0.29, 0.717) is 27.7 Å². The molecule has 0 radical (unpaired) electrons. The molecule has 6 nitrogen and oxygen atoms in total. The number of hydrogen-bond acceptors (Lipinski definition) is 3. The molecule has 1 aromatic carbocycles. The molecule has 0 aliphatic rings. The van der Waals surface area contributed by atoms with Crippen molar-refractivity contribution < 1.29 is 9.59 Å². The Morgan fingerprint density at radius 3 is 2.62 bits per heavy atom. The molecule has 0 saturated heterocycles. The highest BCUT2D eigenvalue weighted by atomic mass is 35.5. The summed E-state index contributed by atoms with van der Waals surface area (Å²) in [4.78, 5) is 27.8. The summed E-state index contributed by atoms with van der Waals surface area (Å²) in [5.74, 6) is -0.546. The maximum Gasteiger partial charge on any atom is 0.275 e. The number of halogens is 1. The Kier molecular flexibility index (Phi) is 4.22. The van der Waals surface area contributed by atoms with E-state index in [-0.39, 0.29) is 11.8 Å². The Labute approximate surface area is 143 Å². The van der Waals surface area contributed by atoms with Crippen molar-refractivity contribution in [1.29, 1.82) is 0 Å². The molecule has 2 N–H and O–H groups in total. The lowest BCUT2D eigenvalue weighted by molar-refractivity contribution is -0.114. The number of aromatic nitrogens is 2. The topological polar surface area (TPSA) is 75.5 Å². The van der Waals surface area contributed by atoms with Gasteiger partial charge in [-0.2, -0.15) is 0 Å². The van der Waals surface area contributed by atoms with Gasteiger partial charge < -0.3 is 15.0 Å². The molecule has 0 aliphatic heterocycles. The van der Waals surface area contributed by atoms with Gasteiger partial charge in [-0.3, -0.25) is 9.59 Å². The SMILES string of the molecule is CC(=O)Nc1ccc(NC(=O)c2cn3c(C)cccc3n2)cc1Cl. The highest BCUT2D eigenvalue weighted by Crippen LogP contribution is 2.25. The minimum atomic E-state index is -0.332. The van der Waals surface area contributed by atoms with Gasteiger partial charge in [-0.25, -0.2) is 4.98 Å². The number of aryl methyl sites for hydroxylation is 1. The van der Waals surface area contributed by atoms with Crippen molar-refractivity contribution in [3.05, 3.63) is 59.0 Å². The summed E-state index contributed by atoms with van der Waals surface area (Å²) >= 11 is 6.10. The van der Waals surface area contributed by atoms with Crippen LogP contribution in [-0.2, 0) is 4.79 Å².